The third-order valence-corrected chi connectivity index (χ3v) is 1.90. The van der Waals surface area contributed by atoms with E-state index in [1.165, 1.54) is 6.07 Å². The number of amides is 1. The van der Waals surface area contributed by atoms with Gasteiger partial charge in [-0.3, -0.25) is 5.32 Å². The fraction of sp³-hybridized carbons (Fsp3) is 0.417. The van der Waals surface area contributed by atoms with Crippen molar-refractivity contribution in [2.45, 2.75) is 33.3 Å². The van der Waals surface area contributed by atoms with E-state index >= 15 is 0 Å². The Labute approximate surface area is 99.4 Å². The molecule has 4 nitrogen and oxygen atoms in total. The van der Waals surface area contributed by atoms with Crippen molar-refractivity contribution in [2.24, 2.45) is 0 Å². The topological polar surface area (TPSA) is 58.6 Å². The number of hydrogen-bond donors (Lipinski definition) is 2. The van der Waals surface area contributed by atoms with Gasteiger partial charge in [-0.25, -0.2) is 9.18 Å². The van der Waals surface area contributed by atoms with E-state index in [0.717, 1.165) is 6.07 Å². The van der Waals surface area contributed by atoms with Crippen molar-refractivity contribution >= 4 is 11.8 Å². The van der Waals surface area contributed by atoms with Gasteiger partial charge < -0.3 is 9.84 Å². The molecule has 5 heteroatoms. The van der Waals surface area contributed by atoms with Crippen LogP contribution in [0, 0.1) is 12.7 Å². The lowest BCUT2D eigenvalue weighted by Gasteiger charge is -2.19. The van der Waals surface area contributed by atoms with Gasteiger partial charge in [0, 0.05) is 11.8 Å². The van der Waals surface area contributed by atoms with Crippen LogP contribution in [0.5, 0.6) is 5.75 Å². The van der Waals surface area contributed by atoms with Gasteiger partial charge in [-0.15, -0.1) is 0 Å². The molecular formula is C12H16FNO3. The second kappa shape index (κ2) is 4.61. The average molecular weight is 241 g/mol. The van der Waals surface area contributed by atoms with Crippen molar-refractivity contribution in [3.63, 3.8) is 0 Å². The van der Waals surface area contributed by atoms with Crippen molar-refractivity contribution in [1.29, 1.82) is 0 Å². The van der Waals surface area contributed by atoms with E-state index < -0.39 is 23.3 Å². The largest absolute Gasteiger partial charge is 0.505 e. The molecule has 2 N–H and O–H groups in total. The summed E-state index contributed by atoms with van der Waals surface area (Å²) in [6, 6.07) is 2.49. The van der Waals surface area contributed by atoms with Crippen LogP contribution in [0.2, 0.25) is 0 Å². The number of hydrogen-bond acceptors (Lipinski definition) is 3. The number of carbonyl (C=O) groups excluding carboxylic acids is 1. The third-order valence-electron chi connectivity index (χ3n) is 1.90. The molecule has 0 aliphatic heterocycles. The van der Waals surface area contributed by atoms with Crippen molar-refractivity contribution in [2.75, 3.05) is 5.32 Å². The number of carbonyl (C=O) groups is 1. The fourth-order valence-corrected chi connectivity index (χ4v) is 1.23. The molecule has 1 rings (SSSR count). The minimum absolute atomic E-state index is 0.243. The molecule has 0 aliphatic rings. The standard InChI is InChI=1S/C12H16FNO3/c1-7-5-8(6-9(13)10(7)15)14-11(16)17-12(2,3)4/h5-6,15H,1-4H3,(H,14,16). The van der Waals surface area contributed by atoms with Gasteiger partial charge in [-0.05, 0) is 39.3 Å². The Bertz CT molecular complexity index is 415. The first-order chi connectivity index (χ1) is 7.69. The van der Waals surface area contributed by atoms with E-state index in [0.29, 0.717) is 5.56 Å². The monoisotopic (exact) mass is 241 g/mol. The molecule has 0 aromatic heterocycles. The third kappa shape index (κ3) is 3.94. The summed E-state index contributed by atoms with van der Waals surface area (Å²) in [5, 5.41) is 11.6. The second-order valence-corrected chi connectivity index (χ2v) is 4.75. The first kappa shape index (κ1) is 13.3. The maximum atomic E-state index is 13.2. The van der Waals surface area contributed by atoms with E-state index in [4.69, 9.17) is 4.74 Å². The summed E-state index contributed by atoms with van der Waals surface area (Å²) in [6.45, 7) is 6.73. The number of halogens is 1. The number of nitrogens with one attached hydrogen (secondary N) is 1. The Hall–Kier alpha value is -1.78. The Balaban J connectivity index is 2.79. The van der Waals surface area contributed by atoms with E-state index in [9.17, 15) is 14.3 Å². The lowest BCUT2D eigenvalue weighted by molar-refractivity contribution is 0.0636. The van der Waals surface area contributed by atoms with Crippen LogP contribution in [0.1, 0.15) is 26.3 Å². The van der Waals surface area contributed by atoms with E-state index in [1.54, 1.807) is 27.7 Å². The Morgan fingerprint density at radius 1 is 1.41 bits per heavy atom. The molecule has 0 atom stereocenters. The first-order valence-electron chi connectivity index (χ1n) is 5.18. The number of phenols is 1. The van der Waals surface area contributed by atoms with Gasteiger partial charge in [0.2, 0.25) is 0 Å². The molecule has 0 bridgehead atoms. The van der Waals surface area contributed by atoms with Gasteiger partial charge in [0.05, 0.1) is 0 Å². The highest BCUT2D eigenvalue weighted by Gasteiger charge is 2.17. The van der Waals surface area contributed by atoms with E-state index in [-0.39, 0.29) is 5.69 Å². The zero-order chi connectivity index (χ0) is 13.2. The van der Waals surface area contributed by atoms with Crippen LogP contribution in [0.4, 0.5) is 14.9 Å². The van der Waals surface area contributed by atoms with Gasteiger partial charge >= 0.3 is 6.09 Å². The number of ether oxygens (including phenoxy) is 1. The number of anilines is 1. The highest BCUT2D eigenvalue weighted by atomic mass is 19.1. The zero-order valence-electron chi connectivity index (χ0n) is 10.3. The molecule has 1 amide bonds. The van der Waals surface area contributed by atoms with Crippen molar-refractivity contribution < 1.29 is 19.0 Å². The van der Waals surface area contributed by atoms with Gasteiger partial charge in [-0.1, -0.05) is 0 Å². The van der Waals surface area contributed by atoms with Gasteiger partial charge in [0.25, 0.3) is 0 Å². The summed E-state index contributed by atoms with van der Waals surface area (Å²) < 4.78 is 18.2. The number of benzene rings is 1. The van der Waals surface area contributed by atoms with Gasteiger partial charge in [0.1, 0.15) is 5.60 Å². The highest BCUT2D eigenvalue weighted by molar-refractivity contribution is 5.85. The quantitative estimate of drug-likeness (QED) is 0.742. The summed E-state index contributed by atoms with van der Waals surface area (Å²) in [6.07, 6.45) is -0.665. The summed E-state index contributed by atoms with van der Waals surface area (Å²) in [5.74, 6) is -1.20. The molecule has 1 aromatic rings. The summed E-state index contributed by atoms with van der Waals surface area (Å²) >= 11 is 0. The predicted octanol–water partition coefficient (Wildman–Crippen LogP) is 3.19. The first-order valence-corrected chi connectivity index (χ1v) is 5.18. The summed E-state index contributed by atoms with van der Waals surface area (Å²) in [5.41, 5.74) is -0.0303. The van der Waals surface area contributed by atoms with Crippen LogP contribution in [-0.4, -0.2) is 16.8 Å². The molecule has 0 spiro atoms. The normalized spacial score (nSPS) is 11.1. The van der Waals surface area contributed by atoms with Crippen molar-refractivity contribution in [3.05, 3.63) is 23.5 Å². The molecule has 0 unspecified atom stereocenters. The van der Waals surface area contributed by atoms with Gasteiger partial charge in [-0.2, -0.15) is 0 Å². The van der Waals surface area contributed by atoms with Crippen molar-refractivity contribution in [1.82, 2.24) is 0 Å². The molecule has 94 valence electrons. The molecule has 17 heavy (non-hydrogen) atoms. The number of rotatable bonds is 1. The summed E-state index contributed by atoms with van der Waals surface area (Å²) in [7, 11) is 0. The minimum atomic E-state index is -0.781. The molecule has 0 heterocycles. The van der Waals surface area contributed by atoms with Crippen LogP contribution >= 0.6 is 0 Å². The fourth-order valence-electron chi connectivity index (χ4n) is 1.23. The Kier molecular flexibility index (Phi) is 3.60. The van der Waals surface area contributed by atoms with Crippen LogP contribution in [0.15, 0.2) is 12.1 Å². The predicted molar refractivity (Wildman–Crippen MR) is 62.7 cm³/mol. The maximum Gasteiger partial charge on any atom is 0.412 e. The van der Waals surface area contributed by atoms with Crippen LogP contribution < -0.4 is 5.32 Å². The lowest BCUT2D eigenvalue weighted by atomic mass is 10.2. The number of aromatic hydroxyl groups is 1. The van der Waals surface area contributed by atoms with Crippen LogP contribution in [-0.2, 0) is 4.74 Å². The number of phenolic OH excluding ortho intramolecular Hbond substituents is 1. The molecule has 0 saturated heterocycles. The highest BCUT2D eigenvalue weighted by Crippen LogP contribution is 2.25. The van der Waals surface area contributed by atoms with Gasteiger partial charge in [0.15, 0.2) is 11.6 Å². The SMILES string of the molecule is Cc1cc(NC(=O)OC(C)(C)C)cc(F)c1O. The summed E-state index contributed by atoms with van der Waals surface area (Å²) in [4.78, 5) is 11.4. The van der Waals surface area contributed by atoms with Crippen LogP contribution in [0.3, 0.4) is 0 Å². The smallest absolute Gasteiger partial charge is 0.412 e. The molecule has 0 aliphatic carbocycles. The maximum absolute atomic E-state index is 13.2. The van der Waals surface area contributed by atoms with E-state index in [2.05, 4.69) is 5.32 Å². The zero-order valence-corrected chi connectivity index (χ0v) is 10.3. The lowest BCUT2D eigenvalue weighted by Crippen LogP contribution is -2.27. The molecule has 0 saturated carbocycles. The molecule has 0 fully saturated rings. The molecule has 1 aromatic carbocycles. The number of aryl methyl sites for hydroxylation is 1. The molecule has 0 radical (unpaired) electrons. The Morgan fingerprint density at radius 2 is 2.00 bits per heavy atom. The molecular weight excluding hydrogens is 225 g/mol. The second-order valence-electron chi connectivity index (χ2n) is 4.75. The van der Waals surface area contributed by atoms with Crippen LogP contribution in [0.25, 0.3) is 0 Å². The van der Waals surface area contributed by atoms with Crippen molar-refractivity contribution in [3.8, 4) is 5.75 Å². The Morgan fingerprint density at radius 3 is 2.47 bits per heavy atom. The minimum Gasteiger partial charge on any atom is -0.505 e. The van der Waals surface area contributed by atoms with E-state index in [1.807, 2.05) is 0 Å². The average Bonchev–Trinajstić information content (AvgIpc) is 2.10.